The molecule has 1 N–H and O–H groups in total. The first-order chi connectivity index (χ1) is 13.5. The number of thiazole rings is 1. The van der Waals surface area contributed by atoms with Gasteiger partial charge in [0, 0.05) is 17.5 Å². The normalized spacial score (nSPS) is 12.0. The third kappa shape index (κ3) is 5.37. The molecule has 0 spiro atoms. The van der Waals surface area contributed by atoms with Gasteiger partial charge in [0.25, 0.3) is 5.91 Å². The number of likely N-dealkylation sites (N-methyl/N-ethyl adjacent to an activating group) is 1. The predicted octanol–water partition coefficient (Wildman–Crippen LogP) is 3.89. The number of carbonyl (C=O) groups is 1. The molecule has 0 aliphatic rings. The molecule has 0 bridgehead atoms. The number of hydrogen-bond acceptors (Lipinski definition) is 5. The van der Waals surface area contributed by atoms with Crippen LogP contribution in [0.25, 0.3) is 0 Å². The molecule has 0 saturated carbocycles. The summed E-state index contributed by atoms with van der Waals surface area (Å²) >= 11 is 1.51. The molecule has 0 saturated heterocycles. The molecule has 0 fully saturated rings. The second-order valence-electron chi connectivity index (χ2n) is 6.54. The van der Waals surface area contributed by atoms with Crippen LogP contribution in [0.4, 0.5) is 4.39 Å². The molecule has 0 radical (unpaired) electrons. The Morgan fingerprint density at radius 1 is 1.25 bits per heavy atom. The lowest BCUT2D eigenvalue weighted by Gasteiger charge is -2.25. The summed E-state index contributed by atoms with van der Waals surface area (Å²) < 4.78 is 19.3. The molecular formula is C21H22FN3O2S. The zero-order valence-corrected chi connectivity index (χ0v) is 16.6. The molecule has 1 unspecified atom stereocenters. The maximum Gasteiger partial charge on any atom is 0.251 e. The summed E-state index contributed by atoms with van der Waals surface area (Å²) in [5, 5.41) is 4.85. The Labute approximate surface area is 167 Å². The number of hydrogen-bond donors (Lipinski definition) is 1. The minimum atomic E-state index is -0.291. The number of benzene rings is 2. The van der Waals surface area contributed by atoms with Crippen LogP contribution < -0.4 is 10.1 Å². The Bertz CT molecular complexity index is 916. The molecule has 7 heteroatoms. The average molecular weight is 399 g/mol. The van der Waals surface area contributed by atoms with Gasteiger partial charge < -0.3 is 15.0 Å². The van der Waals surface area contributed by atoms with E-state index in [4.69, 9.17) is 4.74 Å². The van der Waals surface area contributed by atoms with Gasteiger partial charge in [-0.2, -0.15) is 0 Å². The fourth-order valence-electron chi connectivity index (χ4n) is 2.80. The van der Waals surface area contributed by atoms with Crippen molar-refractivity contribution in [2.45, 2.75) is 12.6 Å². The monoisotopic (exact) mass is 399 g/mol. The standard InChI is InChI=1S/C21H22FN3O2S/c1-25(2)20(15-5-3-7-17(22)9-15)11-23-21(26)16-6-4-8-19(10-16)27-12-18-13-28-14-24-18/h3-10,13-14,20H,11-12H2,1-2H3,(H,23,26). The van der Waals surface area contributed by atoms with Crippen molar-refractivity contribution in [1.82, 2.24) is 15.2 Å². The molecule has 3 aromatic rings. The Balaban J connectivity index is 1.62. The third-order valence-corrected chi connectivity index (χ3v) is 4.91. The number of carbonyl (C=O) groups excluding carboxylic acids is 1. The highest BCUT2D eigenvalue weighted by molar-refractivity contribution is 7.07. The number of halogens is 1. The molecule has 1 amide bonds. The van der Waals surface area contributed by atoms with Crippen LogP contribution in [0.1, 0.15) is 27.7 Å². The molecular weight excluding hydrogens is 377 g/mol. The van der Waals surface area contributed by atoms with Crippen LogP contribution >= 0.6 is 11.3 Å². The summed E-state index contributed by atoms with van der Waals surface area (Å²) in [6, 6.07) is 13.3. The highest BCUT2D eigenvalue weighted by atomic mass is 32.1. The maximum absolute atomic E-state index is 13.6. The first kappa shape index (κ1) is 20.0. The van der Waals surface area contributed by atoms with Crippen molar-refractivity contribution in [2.24, 2.45) is 0 Å². The maximum atomic E-state index is 13.6. The molecule has 0 aliphatic heterocycles. The lowest BCUT2D eigenvalue weighted by atomic mass is 10.1. The first-order valence-electron chi connectivity index (χ1n) is 8.83. The Kier molecular flexibility index (Phi) is 6.73. The Morgan fingerprint density at radius 2 is 2.07 bits per heavy atom. The van der Waals surface area contributed by atoms with Gasteiger partial charge in [-0.25, -0.2) is 9.37 Å². The van der Waals surface area contributed by atoms with Crippen molar-refractivity contribution in [2.75, 3.05) is 20.6 Å². The molecule has 2 aromatic carbocycles. The van der Waals surface area contributed by atoms with Crippen LogP contribution in [0.5, 0.6) is 5.75 Å². The summed E-state index contributed by atoms with van der Waals surface area (Å²) in [6.45, 7) is 0.718. The molecule has 0 aliphatic carbocycles. The van der Waals surface area contributed by atoms with Gasteiger partial charge in [0.15, 0.2) is 0 Å². The molecule has 146 valence electrons. The topological polar surface area (TPSA) is 54.5 Å². The minimum absolute atomic E-state index is 0.135. The number of aromatic nitrogens is 1. The summed E-state index contributed by atoms with van der Waals surface area (Å²) in [7, 11) is 3.79. The Morgan fingerprint density at radius 3 is 2.79 bits per heavy atom. The average Bonchev–Trinajstić information content (AvgIpc) is 3.20. The quantitative estimate of drug-likeness (QED) is 0.624. The van der Waals surface area contributed by atoms with Crippen LogP contribution in [-0.2, 0) is 6.61 Å². The van der Waals surface area contributed by atoms with Crippen LogP contribution in [0.3, 0.4) is 0 Å². The van der Waals surface area contributed by atoms with E-state index in [-0.39, 0.29) is 17.8 Å². The van der Waals surface area contributed by atoms with Gasteiger partial charge >= 0.3 is 0 Å². The molecule has 1 heterocycles. The predicted molar refractivity (Wildman–Crippen MR) is 108 cm³/mol. The van der Waals surface area contributed by atoms with Gasteiger partial charge in [0.2, 0.25) is 0 Å². The van der Waals surface area contributed by atoms with E-state index in [1.165, 1.54) is 23.5 Å². The van der Waals surface area contributed by atoms with Crippen molar-refractivity contribution in [1.29, 1.82) is 0 Å². The zero-order valence-electron chi connectivity index (χ0n) is 15.8. The number of amides is 1. The van der Waals surface area contributed by atoms with E-state index in [0.29, 0.717) is 24.5 Å². The van der Waals surface area contributed by atoms with Gasteiger partial charge in [-0.15, -0.1) is 11.3 Å². The lowest BCUT2D eigenvalue weighted by molar-refractivity contribution is 0.0941. The van der Waals surface area contributed by atoms with Crippen molar-refractivity contribution < 1.29 is 13.9 Å². The van der Waals surface area contributed by atoms with E-state index >= 15 is 0 Å². The lowest BCUT2D eigenvalue weighted by Crippen LogP contribution is -2.34. The molecule has 5 nitrogen and oxygen atoms in total. The summed E-state index contributed by atoms with van der Waals surface area (Å²) in [5.41, 5.74) is 3.92. The largest absolute Gasteiger partial charge is 0.487 e. The minimum Gasteiger partial charge on any atom is -0.487 e. The number of ether oxygens (including phenoxy) is 1. The van der Waals surface area contributed by atoms with Gasteiger partial charge in [-0.1, -0.05) is 18.2 Å². The van der Waals surface area contributed by atoms with Crippen molar-refractivity contribution in [3.05, 3.63) is 82.1 Å². The highest BCUT2D eigenvalue weighted by Crippen LogP contribution is 2.19. The molecule has 1 atom stereocenters. The highest BCUT2D eigenvalue weighted by Gasteiger charge is 2.16. The van der Waals surface area contributed by atoms with Crippen LogP contribution in [0.2, 0.25) is 0 Å². The van der Waals surface area contributed by atoms with Crippen LogP contribution in [0, 0.1) is 5.82 Å². The number of nitrogens with one attached hydrogen (secondary N) is 1. The summed E-state index contributed by atoms with van der Waals surface area (Å²) in [6.07, 6.45) is 0. The van der Waals surface area contributed by atoms with Crippen molar-refractivity contribution in [3.63, 3.8) is 0 Å². The van der Waals surface area contributed by atoms with E-state index in [1.807, 2.05) is 30.4 Å². The Hall–Kier alpha value is -2.77. The fourth-order valence-corrected chi connectivity index (χ4v) is 3.34. The number of nitrogens with zero attached hydrogens (tertiary/aromatic N) is 2. The second-order valence-corrected chi connectivity index (χ2v) is 7.26. The molecule has 28 heavy (non-hydrogen) atoms. The fraction of sp³-hybridized carbons (Fsp3) is 0.238. The van der Waals surface area contributed by atoms with E-state index in [9.17, 15) is 9.18 Å². The first-order valence-corrected chi connectivity index (χ1v) is 9.77. The zero-order chi connectivity index (χ0) is 19.9. The van der Waals surface area contributed by atoms with Gasteiger partial charge in [-0.05, 0) is 50.0 Å². The molecule has 3 rings (SSSR count). The van der Waals surface area contributed by atoms with E-state index in [2.05, 4.69) is 10.3 Å². The van der Waals surface area contributed by atoms with E-state index in [1.54, 1.807) is 35.8 Å². The van der Waals surface area contributed by atoms with Gasteiger partial charge in [0.05, 0.1) is 17.2 Å². The number of rotatable bonds is 8. The summed E-state index contributed by atoms with van der Waals surface area (Å²) in [4.78, 5) is 18.7. The third-order valence-electron chi connectivity index (χ3n) is 4.28. The molecule has 1 aromatic heterocycles. The summed E-state index contributed by atoms with van der Waals surface area (Å²) in [5.74, 6) is 0.109. The SMILES string of the molecule is CN(C)C(CNC(=O)c1cccc(OCc2cscn2)c1)c1cccc(F)c1. The van der Waals surface area contributed by atoms with E-state index in [0.717, 1.165) is 11.3 Å². The van der Waals surface area contributed by atoms with Gasteiger partial charge in [-0.3, -0.25) is 4.79 Å². The van der Waals surface area contributed by atoms with E-state index < -0.39 is 0 Å². The smallest absolute Gasteiger partial charge is 0.251 e. The van der Waals surface area contributed by atoms with Crippen LogP contribution in [0.15, 0.2) is 59.4 Å². The van der Waals surface area contributed by atoms with Crippen LogP contribution in [-0.4, -0.2) is 36.4 Å². The second kappa shape index (κ2) is 9.43. The van der Waals surface area contributed by atoms with Crippen molar-refractivity contribution in [3.8, 4) is 5.75 Å². The van der Waals surface area contributed by atoms with Crippen molar-refractivity contribution >= 4 is 17.2 Å². The van der Waals surface area contributed by atoms with Gasteiger partial charge in [0.1, 0.15) is 18.2 Å².